The fourth-order valence-electron chi connectivity index (χ4n) is 2.17. The Morgan fingerprint density at radius 2 is 1.90 bits per heavy atom. The van der Waals surface area contributed by atoms with Gasteiger partial charge < -0.3 is 11.1 Å². The Bertz CT molecular complexity index is 415. The molecule has 1 heterocycles. The number of hydrogen-bond donors (Lipinski definition) is 2. The first-order valence-electron chi connectivity index (χ1n) is 7.87. The first kappa shape index (κ1) is 16.7. The van der Waals surface area contributed by atoms with E-state index >= 15 is 0 Å². The molecule has 4 heteroatoms. The van der Waals surface area contributed by atoms with Gasteiger partial charge in [-0.15, -0.1) is 0 Å². The van der Waals surface area contributed by atoms with Gasteiger partial charge >= 0.3 is 0 Å². The van der Waals surface area contributed by atoms with Gasteiger partial charge in [-0.3, -0.25) is 0 Å². The third kappa shape index (κ3) is 4.66. The second-order valence-corrected chi connectivity index (χ2v) is 5.89. The highest BCUT2D eigenvalue weighted by Gasteiger charge is 2.12. The first-order chi connectivity index (χ1) is 9.49. The smallest absolute Gasteiger partial charge is 0.135 e. The fourth-order valence-corrected chi connectivity index (χ4v) is 2.17. The van der Waals surface area contributed by atoms with Crippen molar-refractivity contribution in [2.45, 2.75) is 66.2 Å². The Morgan fingerprint density at radius 3 is 2.45 bits per heavy atom. The van der Waals surface area contributed by atoms with E-state index in [-0.39, 0.29) is 0 Å². The van der Waals surface area contributed by atoms with E-state index in [1.807, 2.05) is 6.92 Å². The molecule has 0 saturated heterocycles. The van der Waals surface area contributed by atoms with Crippen LogP contribution in [0.1, 0.15) is 70.7 Å². The Labute approximate surface area is 123 Å². The van der Waals surface area contributed by atoms with Crippen LogP contribution in [0.2, 0.25) is 0 Å². The van der Waals surface area contributed by atoms with E-state index in [9.17, 15) is 0 Å². The minimum absolute atomic E-state index is 0.292. The summed E-state index contributed by atoms with van der Waals surface area (Å²) in [7, 11) is 0. The molecular formula is C16H30N4. The van der Waals surface area contributed by atoms with E-state index in [4.69, 9.17) is 5.73 Å². The summed E-state index contributed by atoms with van der Waals surface area (Å²) >= 11 is 0. The third-order valence-corrected chi connectivity index (χ3v) is 3.82. The van der Waals surface area contributed by atoms with Crippen molar-refractivity contribution in [3.05, 3.63) is 11.4 Å². The second-order valence-electron chi connectivity index (χ2n) is 5.89. The fraction of sp³-hybridized carbons (Fsp3) is 0.750. The Kier molecular flexibility index (Phi) is 6.76. The predicted octanol–water partition coefficient (Wildman–Crippen LogP) is 4.12. The van der Waals surface area contributed by atoms with Crippen LogP contribution in [0, 0.1) is 12.8 Å². The van der Waals surface area contributed by atoms with E-state index in [0.29, 0.717) is 17.7 Å². The summed E-state index contributed by atoms with van der Waals surface area (Å²) < 4.78 is 0. The van der Waals surface area contributed by atoms with Gasteiger partial charge in [0.25, 0.3) is 0 Å². The zero-order valence-electron chi connectivity index (χ0n) is 13.7. The molecule has 0 amide bonds. The van der Waals surface area contributed by atoms with Crippen LogP contribution in [-0.4, -0.2) is 16.5 Å². The van der Waals surface area contributed by atoms with Crippen molar-refractivity contribution in [1.29, 1.82) is 0 Å². The Balaban J connectivity index is 2.75. The van der Waals surface area contributed by atoms with E-state index in [2.05, 4.69) is 43.0 Å². The van der Waals surface area contributed by atoms with Crippen molar-refractivity contribution in [2.24, 2.45) is 5.92 Å². The first-order valence-corrected chi connectivity index (χ1v) is 7.87. The summed E-state index contributed by atoms with van der Waals surface area (Å²) in [5.74, 6) is 3.30. The molecule has 0 aliphatic carbocycles. The lowest BCUT2D eigenvalue weighted by Gasteiger charge is -2.18. The van der Waals surface area contributed by atoms with Crippen molar-refractivity contribution >= 4 is 11.6 Å². The van der Waals surface area contributed by atoms with Crippen LogP contribution in [0.25, 0.3) is 0 Å². The Morgan fingerprint density at radius 1 is 1.20 bits per heavy atom. The number of rotatable bonds is 8. The predicted molar refractivity (Wildman–Crippen MR) is 87.1 cm³/mol. The highest BCUT2D eigenvalue weighted by Crippen LogP contribution is 2.22. The van der Waals surface area contributed by atoms with Crippen LogP contribution < -0.4 is 11.1 Å². The van der Waals surface area contributed by atoms with Gasteiger partial charge in [-0.1, -0.05) is 47.0 Å². The number of hydrogen-bond acceptors (Lipinski definition) is 4. The molecule has 0 bridgehead atoms. The summed E-state index contributed by atoms with van der Waals surface area (Å²) in [5, 5.41) is 3.48. The summed E-state index contributed by atoms with van der Waals surface area (Å²) in [6, 6.07) is 0. The minimum atomic E-state index is 0.292. The van der Waals surface area contributed by atoms with Crippen LogP contribution in [0.5, 0.6) is 0 Å². The maximum atomic E-state index is 5.99. The van der Waals surface area contributed by atoms with Crippen molar-refractivity contribution in [2.75, 3.05) is 17.6 Å². The van der Waals surface area contributed by atoms with E-state index in [1.54, 1.807) is 0 Å². The average Bonchev–Trinajstić information content (AvgIpc) is 2.42. The molecule has 1 unspecified atom stereocenters. The summed E-state index contributed by atoms with van der Waals surface area (Å²) in [5.41, 5.74) is 6.95. The SMILES string of the molecule is CCCCC(CC)CNc1nc(C(C)C)nc(N)c1C. The number of nitrogens with two attached hydrogens (primary N) is 1. The molecule has 1 aromatic heterocycles. The van der Waals surface area contributed by atoms with Gasteiger partial charge in [0.2, 0.25) is 0 Å². The summed E-state index contributed by atoms with van der Waals surface area (Å²) in [6.07, 6.45) is 5.02. The van der Waals surface area contributed by atoms with Gasteiger partial charge in [-0.05, 0) is 19.3 Å². The molecule has 0 fully saturated rings. The van der Waals surface area contributed by atoms with Gasteiger partial charge in [-0.25, -0.2) is 9.97 Å². The maximum Gasteiger partial charge on any atom is 0.135 e. The van der Waals surface area contributed by atoms with E-state index in [1.165, 1.54) is 25.7 Å². The van der Waals surface area contributed by atoms with Crippen LogP contribution in [0.3, 0.4) is 0 Å². The van der Waals surface area contributed by atoms with Crippen LogP contribution in [-0.2, 0) is 0 Å². The molecule has 0 saturated carbocycles. The largest absolute Gasteiger partial charge is 0.383 e. The maximum absolute atomic E-state index is 5.99. The lowest BCUT2D eigenvalue weighted by atomic mass is 9.99. The molecule has 20 heavy (non-hydrogen) atoms. The molecule has 0 aliphatic rings. The van der Waals surface area contributed by atoms with Crippen molar-refractivity contribution in [3.8, 4) is 0 Å². The van der Waals surface area contributed by atoms with Crippen LogP contribution in [0.15, 0.2) is 0 Å². The lowest BCUT2D eigenvalue weighted by Crippen LogP contribution is -2.17. The second kappa shape index (κ2) is 8.08. The minimum Gasteiger partial charge on any atom is -0.383 e. The normalized spacial score (nSPS) is 12.7. The molecule has 3 N–H and O–H groups in total. The highest BCUT2D eigenvalue weighted by atomic mass is 15.1. The molecular weight excluding hydrogens is 248 g/mol. The molecule has 0 radical (unpaired) electrons. The zero-order valence-corrected chi connectivity index (χ0v) is 13.7. The summed E-state index contributed by atoms with van der Waals surface area (Å²) in [4.78, 5) is 8.97. The summed E-state index contributed by atoms with van der Waals surface area (Å²) in [6.45, 7) is 11.6. The molecule has 1 rings (SSSR count). The van der Waals surface area contributed by atoms with Crippen molar-refractivity contribution in [1.82, 2.24) is 9.97 Å². The number of aromatic nitrogens is 2. The molecule has 1 aromatic rings. The van der Waals surface area contributed by atoms with E-state index in [0.717, 1.165) is 23.8 Å². The molecule has 1 atom stereocenters. The molecule has 0 spiro atoms. The molecule has 114 valence electrons. The highest BCUT2D eigenvalue weighted by molar-refractivity contribution is 5.54. The van der Waals surface area contributed by atoms with Crippen LogP contribution in [0.4, 0.5) is 11.6 Å². The van der Waals surface area contributed by atoms with Gasteiger partial charge in [-0.2, -0.15) is 0 Å². The number of nitrogens with zero attached hydrogens (tertiary/aromatic N) is 2. The van der Waals surface area contributed by atoms with E-state index < -0.39 is 0 Å². The number of nitrogens with one attached hydrogen (secondary N) is 1. The third-order valence-electron chi connectivity index (χ3n) is 3.82. The quantitative estimate of drug-likeness (QED) is 0.751. The molecule has 0 aromatic carbocycles. The standard InChI is InChI=1S/C16H30N4/c1-6-8-9-13(7-2)10-18-16-12(5)14(17)19-15(20-16)11(3)4/h11,13H,6-10H2,1-5H3,(H3,17,18,19,20). The van der Waals surface area contributed by atoms with Crippen molar-refractivity contribution in [3.63, 3.8) is 0 Å². The molecule has 0 aliphatic heterocycles. The number of anilines is 2. The number of nitrogen functional groups attached to an aromatic ring is 1. The van der Waals surface area contributed by atoms with Crippen molar-refractivity contribution < 1.29 is 0 Å². The molecule has 4 nitrogen and oxygen atoms in total. The van der Waals surface area contributed by atoms with Crippen LogP contribution >= 0.6 is 0 Å². The monoisotopic (exact) mass is 278 g/mol. The lowest BCUT2D eigenvalue weighted by molar-refractivity contribution is 0.472. The van der Waals surface area contributed by atoms with Gasteiger partial charge in [0.15, 0.2) is 0 Å². The number of unbranched alkanes of at least 4 members (excludes halogenated alkanes) is 1. The van der Waals surface area contributed by atoms with Gasteiger partial charge in [0.1, 0.15) is 17.5 Å². The van der Waals surface area contributed by atoms with Gasteiger partial charge in [0.05, 0.1) is 0 Å². The zero-order chi connectivity index (χ0) is 15.1. The van der Waals surface area contributed by atoms with Gasteiger partial charge in [0, 0.05) is 18.0 Å². The topological polar surface area (TPSA) is 63.8 Å². The average molecular weight is 278 g/mol. The Hall–Kier alpha value is -1.32.